The van der Waals surface area contributed by atoms with Gasteiger partial charge in [0.15, 0.2) is 0 Å². The Hall–Kier alpha value is -3.13. The molecule has 0 radical (unpaired) electrons. The summed E-state index contributed by atoms with van der Waals surface area (Å²) in [5, 5.41) is 9.18. The average Bonchev–Trinajstić information content (AvgIpc) is 3.29. The second kappa shape index (κ2) is 5.99. The Morgan fingerprint density at radius 3 is 2.73 bits per heavy atom. The lowest BCUT2D eigenvalue weighted by molar-refractivity contribution is -0.122. The van der Waals surface area contributed by atoms with Crippen molar-refractivity contribution in [3.05, 3.63) is 59.2 Å². The van der Waals surface area contributed by atoms with Crippen molar-refractivity contribution >= 4 is 11.8 Å². The fourth-order valence-electron chi connectivity index (χ4n) is 4.17. The molecule has 0 aromatic heterocycles. The maximum atomic E-state index is 13.3. The van der Waals surface area contributed by atoms with E-state index >= 15 is 0 Å². The van der Waals surface area contributed by atoms with E-state index in [9.17, 15) is 14.9 Å². The number of rotatable bonds is 3. The molecule has 5 heteroatoms. The third-order valence-electron chi connectivity index (χ3n) is 5.49. The lowest BCUT2D eigenvalue weighted by atomic mass is 9.93. The Morgan fingerprint density at radius 2 is 2.00 bits per heavy atom. The molecule has 1 saturated heterocycles. The number of carbonyl (C=O) groups excluding carboxylic acids is 2. The van der Waals surface area contributed by atoms with Crippen LogP contribution in [0.1, 0.15) is 27.9 Å². The first-order valence-corrected chi connectivity index (χ1v) is 8.71. The zero-order chi connectivity index (χ0) is 18.4. The van der Waals surface area contributed by atoms with E-state index in [0.29, 0.717) is 23.6 Å². The van der Waals surface area contributed by atoms with Gasteiger partial charge in [-0.3, -0.25) is 9.59 Å². The summed E-state index contributed by atoms with van der Waals surface area (Å²) in [6.45, 7) is 2.53. The van der Waals surface area contributed by atoms with Crippen molar-refractivity contribution in [2.75, 3.05) is 6.54 Å². The summed E-state index contributed by atoms with van der Waals surface area (Å²) in [5.74, 6) is 0.0179. The molecule has 5 nitrogen and oxygen atoms in total. The molecule has 1 aliphatic carbocycles. The second-order valence-electron chi connectivity index (χ2n) is 7.15. The van der Waals surface area contributed by atoms with Gasteiger partial charge in [0.25, 0.3) is 5.91 Å². The highest BCUT2D eigenvalue weighted by atomic mass is 16.2. The number of nitrogens with two attached hydrogens (primary N) is 1. The molecule has 4 rings (SSSR count). The molecule has 0 bridgehead atoms. The molecule has 130 valence electrons. The minimum atomic E-state index is -0.508. The smallest absolute Gasteiger partial charge is 0.255 e. The number of piperidine rings is 1. The van der Waals surface area contributed by atoms with Gasteiger partial charge in [0.1, 0.15) is 6.04 Å². The van der Waals surface area contributed by atoms with Gasteiger partial charge in [-0.2, -0.15) is 5.26 Å². The van der Waals surface area contributed by atoms with E-state index in [2.05, 4.69) is 6.07 Å². The number of hydrogen-bond acceptors (Lipinski definition) is 3. The molecule has 2 aliphatic rings. The third kappa shape index (κ3) is 2.55. The van der Waals surface area contributed by atoms with E-state index in [0.717, 1.165) is 23.1 Å². The fraction of sp³-hybridized carbons (Fsp3) is 0.286. The molecule has 1 aliphatic heterocycles. The summed E-state index contributed by atoms with van der Waals surface area (Å²) in [6.07, 6.45) is 0.974. The van der Waals surface area contributed by atoms with Crippen molar-refractivity contribution in [2.24, 2.45) is 17.6 Å². The molecular weight excluding hydrogens is 326 g/mol. The van der Waals surface area contributed by atoms with Crippen molar-refractivity contribution < 1.29 is 9.59 Å². The Kier molecular flexibility index (Phi) is 3.77. The SMILES string of the molecule is Cc1cccc(C(=O)N2C[C@H]3C[C@H]3[C@H]2C(N)=O)c1-c1cccc(C#N)c1. The zero-order valence-electron chi connectivity index (χ0n) is 14.5. The molecule has 1 saturated carbocycles. The van der Waals surface area contributed by atoms with Crippen molar-refractivity contribution in [2.45, 2.75) is 19.4 Å². The van der Waals surface area contributed by atoms with Crippen molar-refractivity contribution in [3.63, 3.8) is 0 Å². The molecule has 0 spiro atoms. The summed E-state index contributed by atoms with van der Waals surface area (Å²) in [6, 6.07) is 14.4. The summed E-state index contributed by atoms with van der Waals surface area (Å²) in [5.41, 5.74) is 9.24. The van der Waals surface area contributed by atoms with Gasteiger partial charge in [-0.15, -0.1) is 0 Å². The lowest BCUT2D eigenvalue weighted by Crippen LogP contribution is -2.46. The Balaban J connectivity index is 1.78. The van der Waals surface area contributed by atoms with E-state index in [-0.39, 0.29) is 11.8 Å². The highest BCUT2D eigenvalue weighted by Gasteiger charge is 2.56. The van der Waals surface area contributed by atoms with Gasteiger partial charge < -0.3 is 10.6 Å². The first-order valence-electron chi connectivity index (χ1n) is 8.71. The van der Waals surface area contributed by atoms with Crippen LogP contribution in [0.15, 0.2) is 42.5 Å². The normalized spacial score (nSPS) is 23.2. The molecule has 26 heavy (non-hydrogen) atoms. The predicted molar refractivity (Wildman–Crippen MR) is 96.9 cm³/mol. The number of amides is 2. The Labute approximate surface area is 152 Å². The van der Waals surface area contributed by atoms with Gasteiger partial charge in [-0.25, -0.2) is 0 Å². The van der Waals surface area contributed by atoms with E-state index in [1.807, 2.05) is 31.2 Å². The van der Waals surface area contributed by atoms with Crippen LogP contribution in [0.2, 0.25) is 0 Å². The number of carbonyl (C=O) groups is 2. The third-order valence-corrected chi connectivity index (χ3v) is 5.49. The van der Waals surface area contributed by atoms with E-state index < -0.39 is 11.9 Å². The fourth-order valence-corrected chi connectivity index (χ4v) is 4.17. The van der Waals surface area contributed by atoms with Crippen LogP contribution in [0.5, 0.6) is 0 Å². The quantitative estimate of drug-likeness (QED) is 0.927. The molecular formula is C21H19N3O2. The van der Waals surface area contributed by atoms with Crippen LogP contribution < -0.4 is 5.73 Å². The van der Waals surface area contributed by atoms with Gasteiger partial charge >= 0.3 is 0 Å². The average molecular weight is 345 g/mol. The highest BCUT2D eigenvalue weighted by Crippen LogP contribution is 2.50. The number of likely N-dealkylation sites (tertiary alicyclic amines) is 1. The van der Waals surface area contributed by atoms with Crippen LogP contribution in [0.4, 0.5) is 0 Å². The number of fused-ring (bicyclic) bond motifs is 1. The number of benzene rings is 2. The van der Waals surface area contributed by atoms with E-state index in [1.54, 1.807) is 23.1 Å². The maximum absolute atomic E-state index is 13.3. The molecule has 3 atom stereocenters. The predicted octanol–water partition coefficient (Wildman–Crippen LogP) is 2.48. The largest absolute Gasteiger partial charge is 0.368 e. The number of nitriles is 1. The highest BCUT2D eigenvalue weighted by molar-refractivity contribution is 6.04. The van der Waals surface area contributed by atoms with Crippen LogP contribution in [-0.2, 0) is 4.79 Å². The molecule has 0 unspecified atom stereocenters. The maximum Gasteiger partial charge on any atom is 0.255 e. The molecule has 2 amide bonds. The van der Waals surface area contributed by atoms with Crippen LogP contribution in [0, 0.1) is 30.1 Å². The number of nitrogens with zero attached hydrogens (tertiary/aromatic N) is 2. The van der Waals surface area contributed by atoms with Gasteiger partial charge in [-0.1, -0.05) is 24.3 Å². The monoisotopic (exact) mass is 345 g/mol. The van der Waals surface area contributed by atoms with E-state index in [4.69, 9.17) is 5.73 Å². The van der Waals surface area contributed by atoms with Crippen LogP contribution in [0.25, 0.3) is 11.1 Å². The summed E-state index contributed by atoms with van der Waals surface area (Å²) in [4.78, 5) is 26.8. The number of hydrogen-bond donors (Lipinski definition) is 1. The Bertz CT molecular complexity index is 960. The second-order valence-corrected chi connectivity index (χ2v) is 7.15. The van der Waals surface area contributed by atoms with Gasteiger partial charge in [0, 0.05) is 12.1 Å². The molecule has 2 aromatic carbocycles. The number of aryl methyl sites for hydroxylation is 1. The first kappa shape index (κ1) is 16.3. The molecule has 2 fully saturated rings. The number of primary amides is 1. The summed E-state index contributed by atoms with van der Waals surface area (Å²) >= 11 is 0. The van der Waals surface area contributed by atoms with Crippen LogP contribution in [0.3, 0.4) is 0 Å². The molecule has 1 heterocycles. The minimum absolute atomic E-state index is 0.165. The van der Waals surface area contributed by atoms with Crippen molar-refractivity contribution in [3.8, 4) is 17.2 Å². The first-order chi connectivity index (χ1) is 12.5. The molecule has 2 aromatic rings. The van der Waals surface area contributed by atoms with E-state index in [1.165, 1.54) is 0 Å². The van der Waals surface area contributed by atoms with Gasteiger partial charge in [-0.05, 0) is 60.1 Å². The summed E-state index contributed by atoms with van der Waals surface area (Å²) in [7, 11) is 0. The van der Waals surface area contributed by atoms with Gasteiger partial charge in [0.2, 0.25) is 5.91 Å². The van der Waals surface area contributed by atoms with Crippen molar-refractivity contribution in [1.82, 2.24) is 4.90 Å². The lowest BCUT2D eigenvalue weighted by Gasteiger charge is -2.26. The topological polar surface area (TPSA) is 87.2 Å². The van der Waals surface area contributed by atoms with Crippen LogP contribution in [-0.4, -0.2) is 29.3 Å². The molecule has 2 N–H and O–H groups in total. The summed E-state index contributed by atoms with van der Waals surface area (Å²) < 4.78 is 0. The standard InChI is InChI=1S/C21H19N3O2/c1-12-4-2-7-16(18(12)14-6-3-5-13(8-14)10-22)21(26)24-11-15-9-17(15)19(24)20(23)25/h2-8,15,17,19H,9,11H2,1H3,(H2,23,25)/t15-,17-,19+/m1/s1. The zero-order valence-corrected chi connectivity index (χ0v) is 14.5. The minimum Gasteiger partial charge on any atom is -0.368 e. The van der Waals surface area contributed by atoms with Crippen molar-refractivity contribution in [1.29, 1.82) is 5.26 Å². The Morgan fingerprint density at radius 1 is 1.23 bits per heavy atom. The van der Waals surface area contributed by atoms with Crippen LogP contribution >= 0.6 is 0 Å². The van der Waals surface area contributed by atoms with Gasteiger partial charge in [0.05, 0.1) is 11.6 Å².